The van der Waals surface area contributed by atoms with Crippen LogP contribution in [0.4, 0.5) is 0 Å². The number of rotatable bonds is 1. The molecule has 0 aromatic heterocycles. The van der Waals surface area contributed by atoms with E-state index in [-0.39, 0.29) is 11.9 Å². The lowest BCUT2D eigenvalue weighted by Gasteiger charge is -2.08. The molecule has 0 saturated carbocycles. The summed E-state index contributed by atoms with van der Waals surface area (Å²) in [7, 11) is 1.38. The molecule has 1 saturated heterocycles. The summed E-state index contributed by atoms with van der Waals surface area (Å²) in [5, 5.41) is 0. The first kappa shape index (κ1) is 8.49. The van der Waals surface area contributed by atoms with Crippen molar-refractivity contribution in [2.24, 2.45) is 5.92 Å². The molecule has 4 heteroatoms. The van der Waals surface area contributed by atoms with Gasteiger partial charge in [0.1, 0.15) is 0 Å². The predicted molar refractivity (Wildman–Crippen MR) is 36.6 cm³/mol. The molecule has 0 radical (unpaired) electrons. The summed E-state index contributed by atoms with van der Waals surface area (Å²) in [6.07, 6.45) is 1.63. The average Bonchev–Trinajstić information content (AvgIpc) is 2.30. The Morgan fingerprint density at radius 1 is 1.55 bits per heavy atom. The highest BCUT2D eigenvalue weighted by molar-refractivity contribution is 5.72. The van der Waals surface area contributed by atoms with Crippen LogP contribution in [0, 0.1) is 5.92 Å². The van der Waals surface area contributed by atoms with Gasteiger partial charge in [0, 0.05) is 0 Å². The van der Waals surface area contributed by atoms with Crippen LogP contribution in [0.25, 0.3) is 0 Å². The summed E-state index contributed by atoms with van der Waals surface area (Å²) in [5.41, 5.74) is 0. The molecule has 11 heavy (non-hydrogen) atoms. The maximum absolute atomic E-state index is 11.0. The molecule has 1 aliphatic rings. The van der Waals surface area contributed by atoms with Gasteiger partial charge < -0.3 is 4.74 Å². The molecule has 0 aliphatic carbocycles. The molecule has 0 aromatic rings. The molecule has 1 atom stereocenters. The molecular weight excluding hydrogens is 148 g/mol. The zero-order chi connectivity index (χ0) is 8.10. The number of hydrogen-bond acceptors (Lipinski definition) is 4. The molecule has 1 rings (SSSR count). The van der Waals surface area contributed by atoms with Crippen molar-refractivity contribution in [3.63, 3.8) is 0 Å². The summed E-state index contributed by atoms with van der Waals surface area (Å²) in [6, 6.07) is 0. The Bertz CT molecular complexity index is 126. The molecule has 64 valence electrons. The fourth-order valence-electron chi connectivity index (χ4n) is 1.01. The van der Waals surface area contributed by atoms with Gasteiger partial charge in [-0.2, -0.15) is 0 Å². The van der Waals surface area contributed by atoms with E-state index in [9.17, 15) is 4.79 Å². The Balaban J connectivity index is 2.36. The fourth-order valence-corrected chi connectivity index (χ4v) is 1.01. The molecule has 0 bridgehead atoms. The molecule has 1 unspecified atom stereocenters. The first-order chi connectivity index (χ1) is 5.34. The van der Waals surface area contributed by atoms with E-state index in [1.807, 2.05) is 0 Å². The molecule has 4 nitrogen and oxygen atoms in total. The van der Waals surface area contributed by atoms with Crippen LogP contribution in [0.1, 0.15) is 12.8 Å². The number of hydrogen-bond donors (Lipinski definition) is 0. The summed E-state index contributed by atoms with van der Waals surface area (Å²) in [5.74, 6) is -0.363. The summed E-state index contributed by atoms with van der Waals surface area (Å²) in [4.78, 5) is 20.4. The Labute approximate surface area is 65.4 Å². The van der Waals surface area contributed by atoms with Crippen LogP contribution in [0.2, 0.25) is 0 Å². The van der Waals surface area contributed by atoms with Gasteiger partial charge in [0.15, 0.2) is 0 Å². The maximum atomic E-state index is 11.0. The number of ether oxygens (including phenoxy) is 1. The van der Waals surface area contributed by atoms with Crippen molar-refractivity contribution in [1.82, 2.24) is 0 Å². The first-order valence-corrected chi connectivity index (χ1v) is 3.67. The van der Waals surface area contributed by atoms with Crippen molar-refractivity contribution >= 4 is 5.97 Å². The summed E-state index contributed by atoms with van der Waals surface area (Å²) < 4.78 is 4.57. The van der Waals surface area contributed by atoms with Crippen LogP contribution >= 0.6 is 0 Å². The van der Waals surface area contributed by atoms with Crippen molar-refractivity contribution in [3.05, 3.63) is 0 Å². The molecule has 0 spiro atoms. The highest BCUT2D eigenvalue weighted by Crippen LogP contribution is 2.12. The molecule has 0 amide bonds. The SMILES string of the molecule is COC(=O)C1CCCOOC1. The van der Waals surface area contributed by atoms with Crippen molar-refractivity contribution in [1.29, 1.82) is 0 Å². The lowest BCUT2D eigenvalue weighted by atomic mass is 10.1. The second-order valence-electron chi connectivity index (χ2n) is 2.47. The van der Waals surface area contributed by atoms with Gasteiger partial charge in [0.2, 0.25) is 0 Å². The summed E-state index contributed by atoms with van der Waals surface area (Å²) >= 11 is 0. The van der Waals surface area contributed by atoms with E-state index in [0.29, 0.717) is 13.2 Å². The molecule has 1 aliphatic heterocycles. The van der Waals surface area contributed by atoms with Crippen LogP contribution in [-0.4, -0.2) is 26.3 Å². The van der Waals surface area contributed by atoms with E-state index in [1.54, 1.807) is 0 Å². The van der Waals surface area contributed by atoms with Gasteiger partial charge in [0.05, 0.1) is 26.2 Å². The van der Waals surface area contributed by atoms with Crippen LogP contribution in [0.3, 0.4) is 0 Å². The number of methoxy groups -OCH3 is 1. The van der Waals surface area contributed by atoms with Crippen LogP contribution < -0.4 is 0 Å². The lowest BCUT2D eigenvalue weighted by Crippen LogP contribution is -2.19. The van der Waals surface area contributed by atoms with Crippen molar-refractivity contribution < 1.29 is 19.3 Å². The summed E-state index contributed by atoms with van der Waals surface area (Å²) in [6.45, 7) is 0.875. The number of carbonyl (C=O) groups excluding carboxylic acids is 1. The zero-order valence-corrected chi connectivity index (χ0v) is 6.54. The highest BCUT2D eigenvalue weighted by Gasteiger charge is 2.21. The molecule has 1 fully saturated rings. The van der Waals surface area contributed by atoms with Crippen molar-refractivity contribution in [2.45, 2.75) is 12.8 Å². The van der Waals surface area contributed by atoms with E-state index in [4.69, 9.17) is 9.78 Å². The molecule has 0 aromatic carbocycles. The van der Waals surface area contributed by atoms with Gasteiger partial charge in [0.25, 0.3) is 0 Å². The Morgan fingerprint density at radius 3 is 3.09 bits per heavy atom. The predicted octanol–water partition coefficient (Wildman–Crippen LogP) is 0.518. The zero-order valence-electron chi connectivity index (χ0n) is 6.54. The normalized spacial score (nSPS) is 25.7. The van der Waals surface area contributed by atoms with Crippen LogP contribution in [0.15, 0.2) is 0 Å². The van der Waals surface area contributed by atoms with Gasteiger partial charge in [-0.1, -0.05) is 0 Å². The van der Waals surface area contributed by atoms with E-state index in [2.05, 4.69) is 4.74 Å². The third kappa shape index (κ3) is 2.48. The fraction of sp³-hybridized carbons (Fsp3) is 0.857. The van der Waals surface area contributed by atoms with E-state index >= 15 is 0 Å². The molecule has 1 heterocycles. The second kappa shape index (κ2) is 4.31. The van der Waals surface area contributed by atoms with Crippen LogP contribution in [0.5, 0.6) is 0 Å². The minimum absolute atomic E-state index is 0.150. The smallest absolute Gasteiger partial charge is 0.311 e. The third-order valence-corrected chi connectivity index (χ3v) is 1.67. The maximum Gasteiger partial charge on any atom is 0.311 e. The largest absolute Gasteiger partial charge is 0.469 e. The minimum atomic E-state index is -0.212. The molecular formula is C7H12O4. The van der Waals surface area contributed by atoms with Gasteiger partial charge in [-0.25, -0.2) is 9.78 Å². The third-order valence-electron chi connectivity index (χ3n) is 1.67. The van der Waals surface area contributed by atoms with E-state index < -0.39 is 0 Å². The van der Waals surface area contributed by atoms with Crippen molar-refractivity contribution in [2.75, 3.05) is 20.3 Å². The second-order valence-corrected chi connectivity index (χ2v) is 2.47. The highest BCUT2D eigenvalue weighted by atomic mass is 17.2. The number of carbonyl (C=O) groups is 1. The average molecular weight is 160 g/mol. The van der Waals surface area contributed by atoms with E-state index in [1.165, 1.54) is 7.11 Å². The minimum Gasteiger partial charge on any atom is -0.469 e. The quantitative estimate of drug-likeness (QED) is 0.414. The lowest BCUT2D eigenvalue weighted by molar-refractivity contribution is -0.292. The Morgan fingerprint density at radius 2 is 2.36 bits per heavy atom. The topological polar surface area (TPSA) is 44.8 Å². The van der Waals surface area contributed by atoms with E-state index in [0.717, 1.165) is 12.8 Å². The van der Waals surface area contributed by atoms with Gasteiger partial charge in [-0.3, -0.25) is 4.79 Å². The molecule has 0 N–H and O–H groups in total. The van der Waals surface area contributed by atoms with Gasteiger partial charge >= 0.3 is 5.97 Å². The number of esters is 1. The Hall–Kier alpha value is -0.610. The van der Waals surface area contributed by atoms with Gasteiger partial charge in [-0.15, -0.1) is 0 Å². The van der Waals surface area contributed by atoms with Gasteiger partial charge in [-0.05, 0) is 12.8 Å². The van der Waals surface area contributed by atoms with Crippen molar-refractivity contribution in [3.8, 4) is 0 Å². The Kier molecular flexibility index (Phi) is 3.32. The standard InChI is InChI=1S/C7H12O4/c1-9-7(8)6-3-2-4-10-11-5-6/h6H,2-5H2,1H3. The van der Waals surface area contributed by atoms with Crippen LogP contribution in [-0.2, 0) is 19.3 Å². The first-order valence-electron chi connectivity index (χ1n) is 3.67. The monoisotopic (exact) mass is 160 g/mol.